The first-order chi connectivity index (χ1) is 15.3. The molecule has 1 saturated heterocycles. The Labute approximate surface area is 190 Å². The van der Waals surface area contributed by atoms with Crippen molar-refractivity contribution in [1.29, 1.82) is 0 Å². The third-order valence-corrected chi connectivity index (χ3v) is 5.37. The minimum atomic E-state index is -0.652. The lowest BCUT2D eigenvalue weighted by Crippen LogP contribution is -2.32. The molecule has 1 fully saturated rings. The zero-order valence-corrected chi connectivity index (χ0v) is 19.2. The van der Waals surface area contributed by atoms with E-state index in [0.717, 1.165) is 18.5 Å². The van der Waals surface area contributed by atoms with Crippen LogP contribution in [0.1, 0.15) is 37.4 Å². The highest BCUT2D eigenvalue weighted by atomic mass is 16.5. The normalized spacial score (nSPS) is 18.1. The van der Waals surface area contributed by atoms with Crippen LogP contribution in [0.3, 0.4) is 0 Å². The Morgan fingerprint density at radius 2 is 1.72 bits per heavy atom. The van der Waals surface area contributed by atoms with E-state index in [4.69, 9.17) is 4.74 Å². The fraction of sp³-hybridized carbons (Fsp3) is 0.385. The third kappa shape index (κ3) is 5.37. The molecule has 1 aliphatic heterocycles. The van der Waals surface area contributed by atoms with Crippen LogP contribution in [0.4, 0.5) is 0 Å². The second-order valence-electron chi connectivity index (χ2n) is 8.79. The molecule has 1 amide bonds. The number of aliphatic hydroxyl groups excluding tert-OH is 1. The Bertz CT molecular complexity index is 965. The fourth-order valence-corrected chi connectivity index (χ4v) is 3.78. The molecule has 6 heteroatoms. The Kier molecular flexibility index (Phi) is 7.70. The standard InChI is InChI=1S/C26H32N2O4/c1-18(2)17-32-21-13-11-20(12-14-21)24(29)22-23(19-9-6-5-7-10-19)28(26(31)25(22)30)16-8-15-27(3)4/h5-7,9-14,18,23,29H,8,15-17H2,1-4H3/b24-22+/t23-/m0/s1. The maximum absolute atomic E-state index is 13.0. The minimum absolute atomic E-state index is 0.127. The molecular weight excluding hydrogens is 404 g/mol. The Balaban J connectivity index is 1.96. The van der Waals surface area contributed by atoms with Gasteiger partial charge in [-0.25, -0.2) is 0 Å². The van der Waals surface area contributed by atoms with Crippen molar-refractivity contribution in [1.82, 2.24) is 9.80 Å². The second kappa shape index (κ2) is 10.5. The second-order valence-corrected chi connectivity index (χ2v) is 8.79. The Hall–Kier alpha value is -3.12. The molecule has 0 bridgehead atoms. The number of rotatable bonds is 9. The van der Waals surface area contributed by atoms with Crippen LogP contribution in [-0.2, 0) is 9.59 Å². The van der Waals surface area contributed by atoms with Gasteiger partial charge in [0.1, 0.15) is 11.5 Å². The number of benzene rings is 2. The largest absolute Gasteiger partial charge is 0.507 e. The van der Waals surface area contributed by atoms with Crippen LogP contribution in [0.5, 0.6) is 5.75 Å². The number of carbonyl (C=O) groups is 2. The summed E-state index contributed by atoms with van der Waals surface area (Å²) in [7, 11) is 3.94. The van der Waals surface area contributed by atoms with Crippen LogP contribution in [-0.4, -0.2) is 60.4 Å². The van der Waals surface area contributed by atoms with Gasteiger partial charge >= 0.3 is 0 Å². The number of aliphatic hydroxyl groups is 1. The van der Waals surface area contributed by atoms with E-state index in [9.17, 15) is 14.7 Å². The highest BCUT2D eigenvalue weighted by molar-refractivity contribution is 6.46. The van der Waals surface area contributed by atoms with Gasteiger partial charge in [0, 0.05) is 12.1 Å². The van der Waals surface area contributed by atoms with Crippen LogP contribution in [0, 0.1) is 5.92 Å². The minimum Gasteiger partial charge on any atom is -0.507 e. The molecule has 1 aliphatic rings. The fourth-order valence-electron chi connectivity index (χ4n) is 3.78. The van der Waals surface area contributed by atoms with Gasteiger partial charge in [0.15, 0.2) is 0 Å². The van der Waals surface area contributed by atoms with E-state index >= 15 is 0 Å². The maximum Gasteiger partial charge on any atom is 0.295 e. The summed E-state index contributed by atoms with van der Waals surface area (Å²) in [4.78, 5) is 29.5. The van der Waals surface area contributed by atoms with E-state index in [1.54, 1.807) is 29.2 Å². The maximum atomic E-state index is 13.0. The number of ketones is 1. The summed E-state index contributed by atoms with van der Waals surface area (Å²) in [6, 6.07) is 15.7. The first-order valence-electron chi connectivity index (χ1n) is 11.0. The predicted molar refractivity (Wildman–Crippen MR) is 125 cm³/mol. The molecule has 0 aliphatic carbocycles. The number of amides is 1. The van der Waals surface area contributed by atoms with Gasteiger partial charge in [-0.15, -0.1) is 0 Å². The molecule has 2 aromatic rings. The van der Waals surface area contributed by atoms with Gasteiger partial charge in [0.25, 0.3) is 11.7 Å². The van der Waals surface area contributed by atoms with Crippen molar-refractivity contribution in [3.8, 4) is 5.75 Å². The third-order valence-electron chi connectivity index (χ3n) is 5.37. The average Bonchev–Trinajstić information content (AvgIpc) is 3.03. The van der Waals surface area contributed by atoms with E-state index in [-0.39, 0.29) is 11.3 Å². The van der Waals surface area contributed by atoms with Crippen molar-refractivity contribution < 1.29 is 19.4 Å². The molecule has 0 spiro atoms. The first-order valence-corrected chi connectivity index (χ1v) is 11.0. The van der Waals surface area contributed by atoms with Crippen molar-refractivity contribution in [3.63, 3.8) is 0 Å². The van der Waals surface area contributed by atoms with Crippen molar-refractivity contribution in [2.24, 2.45) is 5.92 Å². The monoisotopic (exact) mass is 436 g/mol. The van der Waals surface area contributed by atoms with Crippen molar-refractivity contribution in [2.75, 3.05) is 33.8 Å². The number of hydrogen-bond acceptors (Lipinski definition) is 5. The van der Waals surface area contributed by atoms with Crippen LogP contribution in [0.15, 0.2) is 60.2 Å². The topological polar surface area (TPSA) is 70.1 Å². The van der Waals surface area contributed by atoms with Gasteiger partial charge in [-0.2, -0.15) is 0 Å². The van der Waals surface area contributed by atoms with Gasteiger partial charge in [-0.3, -0.25) is 9.59 Å². The molecule has 6 nitrogen and oxygen atoms in total. The van der Waals surface area contributed by atoms with Crippen molar-refractivity contribution >= 4 is 17.4 Å². The zero-order valence-electron chi connectivity index (χ0n) is 19.2. The lowest BCUT2D eigenvalue weighted by Gasteiger charge is -2.26. The summed E-state index contributed by atoms with van der Waals surface area (Å²) >= 11 is 0. The highest BCUT2D eigenvalue weighted by Gasteiger charge is 2.45. The number of carbonyl (C=O) groups excluding carboxylic acids is 2. The summed E-state index contributed by atoms with van der Waals surface area (Å²) in [5.74, 6) is -0.295. The summed E-state index contributed by atoms with van der Waals surface area (Å²) in [6.45, 7) is 5.96. The zero-order chi connectivity index (χ0) is 23.3. The molecule has 0 radical (unpaired) electrons. The summed E-state index contributed by atoms with van der Waals surface area (Å²) in [5.41, 5.74) is 1.41. The summed E-state index contributed by atoms with van der Waals surface area (Å²) in [6.07, 6.45) is 0.727. The molecule has 2 aromatic carbocycles. The van der Waals surface area contributed by atoms with Crippen molar-refractivity contribution in [2.45, 2.75) is 26.3 Å². The van der Waals surface area contributed by atoms with Gasteiger partial charge in [0.2, 0.25) is 0 Å². The molecule has 1 N–H and O–H groups in total. The van der Waals surface area contributed by atoms with Gasteiger partial charge in [0.05, 0.1) is 18.2 Å². The van der Waals surface area contributed by atoms with Gasteiger partial charge in [-0.05, 0) is 62.8 Å². The Morgan fingerprint density at radius 3 is 2.31 bits per heavy atom. The lowest BCUT2D eigenvalue weighted by molar-refractivity contribution is -0.139. The van der Waals surface area contributed by atoms with Crippen LogP contribution >= 0.6 is 0 Å². The SMILES string of the molecule is CC(C)COc1ccc(/C(O)=C2\C(=O)C(=O)N(CCCN(C)C)[C@H]2c2ccccc2)cc1. The quantitative estimate of drug-likeness (QED) is 0.364. The van der Waals surface area contributed by atoms with Gasteiger partial charge in [-0.1, -0.05) is 44.2 Å². The predicted octanol–water partition coefficient (Wildman–Crippen LogP) is 4.09. The van der Waals surface area contributed by atoms with E-state index in [0.29, 0.717) is 30.4 Å². The molecule has 0 unspecified atom stereocenters. The summed E-state index contributed by atoms with van der Waals surface area (Å²) in [5, 5.41) is 11.1. The van der Waals surface area contributed by atoms with E-state index < -0.39 is 17.7 Å². The first kappa shape index (κ1) is 23.5. The molecule has 3 rings (SSSR count). The van der Waals surface area contributed by atoms with Crippen LogP contribution < -0.4 is 4.74 Å². The van der Waals surface area contributed by atoms with E-state index in [1.165, 1.54) is 0 Å². The van der Waals surface area contributed by atoms with E-state index in [2.05, 4.69) is 13.8 Å². The molecule has 0 aromatic heterocycles. The number of Topliss-reactive ketones (excluding diaryl/α,β-unsaturated/α-hetero) is 1. The molecular formula is C26H32N2O4. The molecule has 1 atom stereocenters. The van der Waals surface area contributed by atoms with Crippen molar-refractivity contribution in [3.05, 3.63) is 71.3 Å². The number of ether oxygens (including phenoxy) is 1. The molecule has 32 heavy (non-hydrogen) atoms. The van der Waals surface area contributed by atoms with Gasteiger partial charge < -0.3 is 19.6 Å². The highest BCUT2D eigenvalue weighted by Crippen LogP contribution is 2.39. The van der Waals surface area contributed by atoms with Crippen LogP contribution in [0.2, 0.25) is 0 Å². The molecule has 0 saturated carbocycles. The smallest absolute Gasteiger partial charge is 0.295 e. The number of nitrogens with zero attached hydrogens (tertiary/aromatic N) is 2. The summed E-state index contributed by atoms with van der Waals surface area (Å²) < 4.78 is 5.71. The van der Waals surface area contributed by atoms with Crippen LogP contribution in [0.25, 0.3) is 5.76 Å². The number of likely N-dealkylation sites (tertiary alicyclic amines) is 1. The average molecular weight is 437 g/mol. The van der Waals surface area contributed by atoms with E-state index in [1.807, 2.05) is 49.3 Å². The molecule has 170 valence electrons. The molecule has 1 heterocycles. The lowest BCUT2D eigenvalue weighted by atomic mass is 9.95. The number of hydrogen-bond donors (Lipinski definition) is 1. The Morgan fingerprint density at radius 1 is 1.06 bits per heavy atom.